The molecule has 52 heavy (non-hydrogen) atoms. The number of carbonyl (C=O) groups is 2. The Morgan fingerprint density at radius 1 is 1.04 bits per heavy atom. The highest BCUT2D eigenvalue weighted by Crippen LogP contribution is 2.50. The topological polar surface area (TPSA) is 115 Å². The number of nitrogens with one attached hydrogen (secondary N) is 2. The number of allylic oxidation sites excluding steroid dienone is 1. The summed E-state index contributed by atoms with van der Waals surface area (Å²) in [5, 5.41) is 11.5. The maximum Gasteiger partial charge on any atom is 0.416 e. The molecule has 14 heteroatoms. The second kappa shape index (κ2) is 15.5. The third-order valence-corrected chi connectivity index (χ3v) is 11.5. The van der Waals surface area contributed by atoms with E-state index in [4.69, 9.17) is 39.1 Å². The highest BCUT2D eigenvalue weighted by atomic mass is 35.5. The van der Waals surface area contributed by atoms with Crippen LogP contribution in [0.15, 0.2) is 36.5 Å². The van der Waals surface area contributed by atoms with Crippen molar-refractivity contribution in [3.63, 3.8) is 0 Å². The molecule has 2 heterocycles. The Balaban J connectivity index is 1.28. The van der Waals surface area contributed by atoms with Crippen molar-refractivity contribution < 1.29 is 27.5 Å². The van der Waals surface area contributed by atoms with Crippen LogP contribution in [0, 0.1) is 17.2 Å². The van der Waals surface area contributed by atoms with Gasteiger partial charge >= 0.3 is 6.18 Å². The monoisotopic (exact) mass is 762 g/mol. The van der Waals surface area contributed by atoms with Gasteiger partial charge in [0, 0.05) is 63.3 Å². The number of ether oxygens (including phenoxy) is 1. The molecule has 2 aliphatic heterocycles. The van der Waals surface area contributed by atoms with Crippen molar-refractivity contribution in [2.75, 3.05) is 44.2 Å². The molecule has 6 rings (SSSR count). The van der Waals surface area contributed by atoms with E-state index in [0.29, 0.717) is 62.0 Å². The number of anilines is 1. The summed E-state index contributed by atoms with van der Waals surface area (Å²) in [6.07, 6.45) is 2.42. The van der Waals surface area contributed by atoms with Crippen LogP contribution in [0.5, 0.6) is 5.75 Å². The first-order chi connectivity index (χ1) is 24.7. The number of alkyl halides is 3. The van der Waals surface area contributed by atoms with Crippen LogP contribution in [0.4, 0.5) is 18.9 Å². The Hall–Kier alpha value is -3.48. The minimum atomic E-state index is -4.68. The maximum atomic E-state index is 14.8. The summed E-state index contributed by atoms with van der Waals surface area (Å²) in [5.41, 5.74) is 4.58. The minimum Gasteiger partial charge on any atom is -0.476 e. The van der Waals surface area contributed by atoms with Gasteiger partial charge in [0.15, 0.2) is 5.60 Å². The minimum absolute atomic E-state index is 0.0872. The van der Waals surface area contributed by atoms with E-state index in [1.165, 1.54) is 6.07 Å². The normalized spacial score (nSPS) is 21.0. The van der Waals surface area contributed by atoms with Crippen LogP contribution in [0.2, 0.25) is 10.0 Å². The van der Waals surface area contributed by atoms with Crippen molar-refractivity contribution in [3.05, 3.63) is 63.3 Å². The molecular weight excluding hydrogens is 716 g/mol. The van der Waals surface area contributed by atoms with Gasteiger partial charge in [-0.15, -0.1) is 0 Å². The Labute approximate surface area is 313 Å². The van der Waals surface area contributed by atoms with E-state index in [0.717, 1.165) is 50.6 Å². The molecule has 2 aromatic carbocycles. The predicted octanol–water partition coefficient (Wildman–Crippen LogP) is 7.30. The molecule has 0 bridgehead atoms. The number of nitrogens with zero attached hydrogens (tertiary/aromatic N) is 3. The summed E-state index contributed by atoms with van der Waals surface area (Å²) in [6, 6.07) is 6.53. The third kappa shape index (κ3) is 7.89. The summed E-state index contributed by atoms with van der Waals surface area (Å²) in [7, 11) is 0. The number of amides is 2. The Kier molecular flexibility index (Phi) is 11.4. The first-order valence-electron chi connectivity index (χ1n) is 18.1. The smallest absolute Gasteiger partial charge is 0.416 e. The Morgan fingerprint density at radius 3 is 2.35 bits per heavy atom. The summed E-state index contributed by atoms with van der Waals surface area (Å²) >= 11 is 13.8. The molecule has 1 unspecified atom stereocenters. The lowest BCUT2D eigenvalue weighted by atomic mass is 9.74. The number of nitrogens with two attached hydrogens (primary N) is 1. The van der Waals surface area contributed by atoms with Gasteiger partial charge in [0.25, 0.3) is 5.91 Å². The maximum absolute atomic E-state index is 14.8. The number of halogens is 5. The summed E-state index contributed by atoms with van der Waals surface area (Å²) < 4.78 is 50.7. The van der Waals surface area contributed by atoms with Crippen LogP contribution in [0.3, 0.4) is 0 Å². The van der Waals surface area contributed by atoms with Crippen molar-refractivity contribution in [1.29, 1.82) is 5.41 Å². The van der Waals surface area contributed by atoms with Crippen LogP contribution in [-0.4, -0.2) is 78.7 Å². The molecule has 4 fully saturated rings. The number of piperidine rings is 1. The van der Waals surface area contributed by atoms with Gasteiger partial charge in [0.1, 0.15) is 10.8 Å². The zero-order chi connectivity index (χ0) is 37.4. The van der Waals surface area contributed by atoms with Gasteiger partial charge < -0.3 is 35.9 Å². The Morgan fingerprint density at radius 2 is 1.75 bits per heavy atom. The summed E-state index contributed by atoms with van der Waals surface area (Å²) in [6.45, 7) is 6.83. The lowest BCUT2D eigenvalue weighted by Gasteiger charge is -2.45. The van der Waals surface area contributed by atoms with Gasteiger partial charge in [-0.1, -0.05) is 41.8 Å². The zero-order valence-corrected chi connectivity index (χ0v) is 31.1. The van der Waals surface area contributed by atoms with Crippen LogP contribution in [0.1, 0.15) is 81.5 Å². The molecule has 2 atom stereocenters. The Bertz CT molecular complexity index is 1710. The van der Waals surface area contributed by atoms with E-state index < -0.39 is 29.3 Å². The van der Waals surface area contributed by atoms with Crippen molar-refractivity contribution in [2.24, 2.45) is 17.6 Å². The van der Waals surface area contributed by atoms with Gasteiger partial charge in [-0.2, -0.15) is 13.2 Å². The highest BCUT2D eigenvalue weighted by molar-refractivity contribution is 6.40. The largest absolute Gasteiger partial charge is 0.476 e. The van der Waals surface area contributed by atoms with Gasteiger partial charge in [0.05, 0.1) is 28.2 Å². The number of hydrogen-bond donors (Lipinski definition) is 3. The fraction of sp³-hybridized carbons (Fsp3) is 0.553. The lowest BCUT2D eigenvalue weighted by Crippen LogP contribution is -2.54. The highest BCUT2D eigenvalue weighted by Gasteiger charge is 2.48. The molecule has 0 aromatic heterocycles. The van der Waals surface area contributed by atoms with Crippen molar-refractivity contribution in [2.45, 2.75) is 82.7 Å². The van der Waals surface area contributed by atoms with Gasteiger partial charge in [-0.25, -0.2) is 0 Å². The lowest BCUT2D eigenvalue weighted by molar-refractivity contribution is -0.146. The third-order valence-electron chi connectivity index (χ3n) is 10.8. The van der Waals surface area contributed by atoms with Crippen LogP contribution in [-0.2, 0) is 15.8 Å². The number of benzene rings is 2. The van der Waals surface area contributed by atoms with Crippen LogP contribution >= 0.6 is 23.2 Å². The van der Waals surface area contributed by atoms with Gasteiger partial charge in [-0.3, -0.25) is 9.59 Å². The molecule has 2 saturated heterocycles. The summed E-state index contributed by atoms with van der Waals surface area (Å²) in [5.74, 6) is -0.621. The molecular formula is C38H47Cl2F3N6O3. The number of carbonyl (C=O) groups excluding carboxylic acids is 2. The van der Waals surface area contributed by atoms with Crippen molar-refractivity contribution >= 4 is 52.5 Å². The summed E-state index contributed by atoms with van der Waals surface area (Å²) in [4.78, 5) is 33.6. The van der Waals surface area contributed by atoms with E-state index in [1.807, 2.05) is 4.90 Å². The average molecular weight is 764 g/mol. The van der Waals surface area contributed by atoms with Crippen molar-refractivity contribution in [3.8, 4) is 5.75 Å². The molecule has 0 spiro atoms. The number of hydrogen-bond acceptors (Lipinski definition) is 7. The first-order valence-corrected chi connectivity index (χ1v) is 18.9. The number of piperazine rings is 1. The molecule has 4 aliphatic rings. The fourth-order valence-corrected chi connectivity index (χ4v) is 8.45. The predicted molar refractivity (Wildman–Crippen MR) is 198 cm³/mol. The second-order valence-corrected chi connectivity index (χ2v) is 15.6. The molecule has 2 aliphatic carbocycles. The number of rotatable bonds is 11. The molecule has 2 aromatic rings. The second-order valence-electron chi connectivity index (χ2n) is 14.8. The van der Waals surface area contributed by atoms with Crippen LogP contribution in [0.25, 0.3) is 5.57 Å². The SMILES string of the molecule is CC(C)(Oc1ccc(Cl)c(N2CCC[C@@H](C(=O)N(C3CC3)C(c3ccc(/C(C=N)=C/N)cc3C(F)(F)F)C3CCC3)C2)c1Cl)C(=O)N1CCNCC1. The molecule has 2 saturated carbocycles. The van der Waals surface area contributed by atoms with E-state index in [9.17, 15) is 22.8 Å². The van der Waals surface area contributed by atoms with Gasteiger partial charge in [-0.05, 0) is 87.6 Å². The molecule has 4 N–H and O–H groups in total. The van der Waals surface area contributed by atoms with E-state index >= 15 is 0 Å². The fourth-order valence-electron chi connectivity index (χ4n) is 7.80. The van der Waals surface area contributed by atoms with Gasteiger partial charge in [0.2, 0.25) is 5.91 Å². The molecule has 282 valence electrons. The quantitative estimate of drug-likeness (QED) is 0.207. The average Bonchev–Trinajstić information content (AvgIpc) is 3.94. The molecule has 2 amide bonds. The standard InChI is InChI=1S/C38H47Cl2F3N6O3/c1-37(2,36(51)47-17-14-46-15-18-47)52-31-13-12-30(39)34(32(31)40)48-16-4-7-25(22-48)35(50)49(27-9-10-27)33(23-5-3-6-23)28-11-8-24(26(20-44)21-45)19-29(28)38(41,42)43/h8,11-13,19-21,23,25,27,33,44,46H,3-7,9-10,14-18,22,45H2,1-2H3/b26-21+,44-20?/t25-,33?/m1/s1. The van der Waals surface area contributed by atoms with E-state index in [1.54, 1.807) is 41.8 Å². The molecule has 0 radical (unpaired) electrons. The zero-order valence-electron chi connectivity index (χ0n) is 29.6. The van der Waals surface area contributed by atoms with E-state index in [-0.39, 0.29) is 52.0 Å². The molecule has 9 nitrogen and oxygen atoms in total. The first kappa shape index (κ1) is 38.3. The van der Waals surface area contributed by atoms with Crippen molar-refractivity contribution in [1.82, 2.24) is 15.1 Å². The van der Waals surface area contributed by atoms with E-state index in [2.05, 4.69) is 5.32 Å². The van der Waals surface area contributed by atoms with Crippen LogP contribution < -0.4 is 20.7 Å².